The molecule has 188 valence electrons. The first-order valence-electron chi connectivity index (χ1n) is 11.5. The van der Waals surface area contributed by atoms with Crippen molar-refractivity contribution in [3.63, 3.8) is 0 Å². The number of methoxy groups -OCH3 is 3. The second-order valence-electron chi connectivity index (χ2n) is 8.08. The first-order valence-corrected chi connectivity index (χ1v) is 12.5. The molecule has 0 aliphatic rings. The lowest BCUT2D eigenvalue weighted by Gasteiger charge is -2.15. The quantitative estimate of drug-likeness (QED) is 0.193. The zero-order valence-corrected chi connectivity index (χ0v) is 21.7. The molecule has 5 aromatic rings. The molecule has 0 saturated heterocycles. The Labute approximate surface area is 217 Å². The number of thioether (sulfide) groups is 1. The van der Waals surface area contributed by atoms with Gasteiger partial charge >= 0.3 is 0 Å². The van der Waals surface area contributed by atoms with Gasteiger partial charge in [0.2, 0.25) is 5.89 Å². The fourth-order valence-electron chi connectivity index (χ4n) is 4.10. The fourth-order valence-corrected chi connectivity index (χ4v) is 5.11. The maximum Gasteiger partial charge on any atom is 0.266 e. The van der Waals surface area contributed by atoms with E-state index >= 15 is 0 Å². The van der Waals surface area contributed by atoms with E-state index in [-0.39, 0.29) is 5.56 Å². The molecule has 0 radical (unpaired) electrons. The molecule has 0 N–H and O–H groups in total. The summed E-state index contributed by atoms with van der Waals surface area (Å²) in [6.45, 7) is 1.86. The van der Waals surface area contributed by atoms with E-state index in [0.717, 1.165) is 5.69 Å². The first kappa shape index (κ1) is 24.5. The summed E-state index contributed by atoms with van der Waals surface area (Å²) < 4.78 is 24.1. The number of aromatic nitrogens is 3. The van der Waals surface area contributed by atoms with Gasteiger partial charge in [-0.3, -0.25) is 9.36 Å². The smallest absolute Gasteiger partial charge is 0.266 e. The van der Waals surface area contributed by atoms with E-state index in [1.165, 1.54) is 11.8 Å². The minimum absolute atomic E-state index is 0.170. The van der Waals surface area contributed by atoms with Crippen molar-refractivity contribution in [2.75, 3.05) is 21.3 Å². The molecular formula is C28H25N3O5S. The molecule has 8 nitrogen and oxygen atoms in total. The van der Waals surface area contributed by atoms with Crippen molar-refractivity contribution >= 4 is 22.7 Å². The summed E-state index contributed by atoms with van der Waals surface area (Å²) in [5.74, 6) is 3.24. The van der Waals surface area contributed by atoms with Crippen LogP contribution in [0.1, 0.15) is 11.5 Å². The molecule has 0 spiro atoms. The third-order valence-electron chi connectivity index (χ3n) is 5.94. The van der Waals surface area contributed by atoms with Gasteiger partial charge in [-0.25, -0.2) is 9.97 Å². The van der Waals surface area contributed by atoms with Crippen molar-refractivity contribution in [2.24, 2.45) is 0 Å². The predicted octanol–water partition coefficient (Wildman–Crippen LogP) is 5.67. The number of hydrogen-bond acceptors (Lipinski definition) is 8. The van der Waals surface area contributed by atoms with Crippen molar-refractivity contribution in [2.45, 2.75) is 17.8 Å². The van der Waals surface area contributed by atoms with Crippen molar-refractivity contribution in [1.29, 1.82) is 0 Å². The Hall–Kier alpha value is -4.24. The predicted molar refractivity (Wildman–Crippen MR) is 143 cm³/mol. The van der Waals surface area contributed by atoms with Crippen LogP contribution in [0.4, 0.5) is 0 Å². The lowest BCUT2D eigenvalue weighted by molar-refractivity contribution is 0.355. The van der Waals surface area contributed by atoms with Crippen LogP contribution in [0.3, 0.4) is 0 Å². The van der Waals surface area contributed by atoms with Gasteiger partial charge in [0.25, 0.3) is 5.56 Å². The van der Waals surface area contributed by atoms with E-state index in [9.17, 15) is 4.79 Å². The van der Waals surface area contributed by atoms with Crippen LogP contribution in [-0.2, 0) is 5.75 Å². The lowest BCUT2D eigenvalue weighted by Crippen LogP contribution is -2.22. The van der Waals surface area contributed by atoms with Gasteiger partial charge in [0.05, 0.1) is 49.2 Å². The second-order valence-corrected chi connectivity index (χ2v) is 9.02. The van der Waals surface area contributed by atoms with Crippen LogP contribution in [0.15, 0.2) is 81.1 Å². The molecule has 0 unspecified atom stereocenters. The molecule has 0 atom stereocenters. The number of nitrogens with zero attached hydrogens (tertiary/aromatic N) is 3. The highest BCUT2D eigenvalue weighted by atomic mass is 32.2. The zero-order chi connectivity index (χ0) is 25.9. The molecule has 0 aliphatic heterocycles. The van der Waals surface area contributed by atoms with Crippen molar-refractivity contribution in [3.8, 4) is 34.4 Å². The molecule has 0 amide bonds. The molecule has 3 aromatic carbocycles. The maximum absolute atomic E-state index is 13.6. The second kappa shape index (κ2) is 10.4. The molecular weight excluding hydrogens is 490 g/mol. The third-order valence-corrected chi connectivity index (χ3v) is 6.88. The number of ether oxygens (including phenoxy) is 3. The van der Waals surface area contributed by atoms with Gasteiger partial charge in [0.15, 0.2) is 16.7 Å². The van der Waals surface area contributed by atoms with Crippen LogP contribution >= 0.6 is 11.8 Å². The molecule has 2 aromatic heterocycles. The van der Waals surface area contributed by atoms with E-state index in [0.29, 0.717) is 62.0 Å². The van der Waals surface area contributed by atoms with Crippen molar-refractivity contribution in [1.82, 2.24) is 14.5 Å². The fraction of sp³-hybridized carbons (Fsp3) is 0.179. The van der Waals surface area contributed by atoms with Crippen molar-refractivity contribution in [3.05, 3.63) is 88.5 Å². The van der Waals surface area contributed by atoms with Gasteiger partial charge in [-0.05, 0) is 43.3 Å². The Morgan fingerprint density at radius 3 is 2.38 bits per heavy atom. The van der Waals surface area contributed by atoms with Gasteiger partial charge in [-0.1, -0.05) is 42.1 Å². The third kappa shape index (κ3) is 4.53. The summed E-state index contributed by atoms with van der Waals surface area (Å²) in [6.07, 6.45) is 0. The van der Waals surface area contributed by atoms with E-state index < -0.39 is 0 Å². The summed E-state index contributed by atoms with van der Waals surface area (Å²) in [6, 6.07) is 20.2. The van der Waals surface area contributed by atoms with E-state index in [2.05, 4.69) is 0 Å². The lowest BCUT2D eigenvalue weighted by atomic mass is 10.2. The number of rotatable bonds is 8. The van der Waals surface area contributed by atoms with E-state index in [1.54, 1.807) is 32.0 Å². The van der Waals surface area contributed by atoms with E-state index in [4.69, 9.17) is 28.6 Å². The molecule has 37 heavy (non-hydrogen) atoms. The number of benzene rings is 3. The topological polar surface area (TPSA) is 88.6 Å². The van der Waals surface area contributed by atoms with Crippen LogP contribution in [-0.4, -0.2) is 35.9 Å². The number of aryl methyl sites for hydroxylation is 1. The average Bonchev–Trinajstić information content (AvgIpc) is 3.31. The number of fused-ring (bicyclic) bond motifs is 1. The minimum Gasteiger partial charge on any atom is -0.495 e. The first-order chi connectivity index (χ1) is 18.0. The Bertz CT molecular complexity index is 1640. The molecule has 0 saturated carbocycles. The molecule has 0 bridgehead atoms. The molecule has 2 heterocycles. The zero-order valence-electron chi connectivity index (χ0n) is 20.8. The maximum atomic E-state index is 13.6. The van der Waals surface area contributed by atoms with Gasteiger partial charge in [0, 0.05) is 5.75 Å². The highest BCUT2D eigenvalue weighted by Gasteiger charge is 2.20. The van der Waals surface area contributed by atoms with Crippen LogP contribution in [0.25, 0.3) is 28.0 Å². The van der Waals surface area contributed by atoms with Crippen LogP contribution in [0, 0.1) is 6.92 Å². The van der Waals surface area contributed by atoms with Gasteiger partial charge < -0.3 is 18.6 Å². The Morgan fingerprint density at radius 2 is 1.59 bits per heavy atom. The van der Waals surface area contributed by atoms with Gasteiger partial charge in [-0.2, -0.15) is 0 Å². The summed E-state index contributed by atoms with van der Waals surface area (Å²) >= 11 is 1.40. The van der Waals surface area contributed by atoms with E-state index in [1.807, 2.05) is 67.6 Å². The molecule has 0 aliphatic carbocycles. The average molecular weight is 516 g/mol. The largest absolute Gasteiger partial charge is 0.495 e. The summed E-state index contributed by atoms with van der Waals surface area (Å²) in [7, 11) is 4.75. The SMILES string of the molecule is COc1ccccc1-n1c(SCc2nc(-c3cccc(OC)c3OC)oc2C)nc2ccccc2c1=O. The monoisotopic (exact) mass is 515 g/mol. The number of para-hydroxylation sites is 4. The summed E-state index contributed by atoms with van der Waals surface area (Å²) in [5.41, 5.74) is 2.50. The van der Waals surface area contributed by atoms with Crippen LogP contribution in [0.2, 0.25) is 0 Å². The normalized spacial score (nSPS) is 11.0. The molecule has 9 heteroatoms. The summed E-state index contributed by atoms with van der Waals surface area (Å²) in [5, 5.41) is 1.05. The molecule has 0 fully saturated rings. The highest BCUT2D eigenvalue weighted by molar-refractivity contribution is 7.98. The number of oxazole rings is 1. The molecule has 5 rings (SSSR count). The highest BCUT2D eigenvalue weighted by Crippen LogP contribution is 2.38. The van der Waals surface area contributed by atoms with Gasteiger partial charge in [0.1, 0.15) is 11.5 Å². The van der Waals surface area contributed by atoms with Gasteiger partial charge in [-0.15, -0.1) is 0 Å². The number of hydrogen-bond donors (Lipinski definition) is 0. The summed E-state index contributed by atoms with van der Waals surface area (Å²) in [4.78, 5) is 23.2. The van der Waals surface area contributed by atoms with Crippen molar-refractivity contribution < 1.29 is 18.6 Å². The Kier molecular flexibility index (Phi) is 6.87. The standard InChI is InChI=1S/C28H25N3O5S/c1-17-21(29-26(36-17)19-11-9-15-24(34-3)25(19)35-4)16-37-28-30-20-12-6-5-10-18(20)27(32)31(28)22-13-7-8-14-23(22)33-2/h5-15H,16H2,1-4H3. The minimum atomic E-state index is -0.170. The van der Waals surface area contributed by atoms with Crippen LogP contribution in [0.5, 0.6) is 17.2 Å². The Morgan fingerprint density at radius 1 is 0.865 bits per heavy atom. The Balaban J connectivity index is 1.56. The van der Waals surface area contributed by atoms with Crippen LogP contribution < -0.4 is 19.8 Å².